The van der Waals surface area contributed by atoms with Crippen LogP contribution >= 0.6 is 0 Å². The van der Waals surface area contributed by atoms with Crippen molar-refractivity contribution < 1.29 is 9.90 Å². The molecule has 4 heteroatoms. The van der Waals surface area contributed by atoms with Gasteiger partial charge < -0.3 is 15.7 Å². The molecule has 0 saturated heterocycles. The summed E-state index contributed by atoms with van der Waals surface area (Å²) in [6, 6.07) is 7.33. The van der Waals surface area contributed by atoms with Crippen molar-refractivity contribution in [2.75, 3.05) is 11.9 Å². The first-order valence-electron chi connectivity index (χ1n) is 5.92. The number of hydrogen-bond acceptors (Lipinski definition) is 2. The summed E-state index contributed by atoms with van der Waals surface area (Å²) in [7, 11) is 0. The van der Waals surface area contributed by atoms with E-state index in [-0.39, 0.29) is 6.03 Å². The Morgan fingerprint density at radius 1 is 1.41 bits per heavy atom. The van der Waals surface area contributed by atoms with Gasteiger partial charge in [0.05, 0.1) is 5.60 Å². The third-order valence-corrected chi connectivity index (χ3v) is 3.26. The molecule has 0 heterocycles. The molecule has 0 bridgehead atoms. The second-order valence-electron chi connectivity index (χ2n) is 4.70. The molecule has 2 amide bonds. The minimum absolute atomic E-state index is 0.264. The summed E-state index contributed by atoms with van der Waals surface area (Å²) >= 11 is 0. The van der Waals surface area contributed by atoms with Crippen molar-refractivity contribution in [3.8, 4) is 0 Å². The van der Waals surface area contributed by atoms with Crippen LogP contribution in [-0.2, 0) is 0 Å². The standard InChI is InChI=1S/C13H18N2O2/c1-10-5-2-3-6-11(10)15-12(16)14-9-13(17)7-4-8-13/h2-3,5-6,17H,4,7-9H2,1H3,(H2,14,15,16). The van der Waals surface area contributed by atoms with E-state index in [0.717, 1.165) is 30.5 Å². The normalized spacial score (nSPS) is 17.1. The molecular weight excluding hydrogens is 216 g/mol. The van der Waals surface area contributed by atoms with Crippen molar-refractivity contribution in [1.29, 1.82) is 0 Å². The van der Waals surface area contributed by atoms with E-state index in [0.29, 0.717) is 6.54 Å². The van der Waals surface area contributed by atoms with Crippen molar-refractivity contribution >= 4 is 11.7 Å². The number of rotatable bonds is 3. The second kappa shape index (κ2) is 4.75. The molecule has 0 atom stereocenters. The first-order chi connectivity index (χ1) is 8.09. The number of anilines is 1. The number of urea groups is 1. The molecule has 1 aliphatic rings. The SMILES string of the molecule is Cc1ccccc1NC(=O)NCC1(O)CCC1. The molecule has 0 aromatic heterocycles. The van der Waals surface area contributed by atoms with E-state index in [2.05, 4.69) is 10.6 Å². The smallest absolute Gasteiger partial charge is 0.319 e. The molecular formula is C13H18N2O2. The predicted octanol–water partition coefficient (Wildman–Crippen LogP) is 2.03. The largest absolute Gasteiger partial charge is 0.388 e. The fraction of sp³-hybridized carbons (Fsp3) is 0.462. The number of aryl methyl sites for hydroxylation is 1. The maximum absolute atomic E-state index is 11.6. The Kier molecular flexibility index (Phi) is 3.33. The van der Waals surface area contributed by atoms with Gasteiger partial charge in [-0.2, -0.15) is 0 Å². The Hall–Kier alpha value is -1.55. The second-order valence-corrected chi connectivity index (χ2v) is 4.70. The van der Waals surface area contributed by atoms with Crippen LogP contribution in [0.4, 0.5) is 10.5 Å². The summed E-state index contributed by atoms with van der Waals surface area (Å²) in [5.41, 5.74) is 1.14. The van der Waals surface area contributed by atoms with Gasteiger partial charge in [-0.05, 0) is 37.8 Å². The zero-order valence-corrected chi connectivity index (χ0v) is 9.99. The molecule has 0 unspecified atom stereocenters. The highest BCUT2D eigenvalue weighted by atomic mass is 16.3. The van der Waals surface area contributed by atoms with Crippen LogP contribution in [-0.4, -0.2) is 23.3 Å². The highest BCUT2D eigenvalue weighted by Gasteiger charge is 2.34. The lowest BCUT2D eigenvalue weighted by atomic mass is 9.80. The quantitative estimate of drug-likeness (QED) is 0.749. The van der Waals surface area contributed by atoms with Gasteiger partial charge in [-0.15, -0.1) is 0 Å². The van der Waals surface area contributed by atoms with Crippen molar-refractivity contribution in [2.24, 2.45) is 0 Å². The number of benzene rings is 1. The van der Waals surface area contributed by atoms with Gasteiger partial charge in [0, 0.05) is 12.2 Å². The number of hydrogen-bond donors (Lipinski definition) is 3. The van der Waals surface area contributed by atoms with E-state index in [1.54, 1.807) is 0 Å². The third kappa shape index (κ3) is 2.97. The molecule has 0 radical (unpaired) electrons. The Labute approximate surface area is 101 Å². The van der Waals surface area contributed by atoms with Crippen LogP contribution < -0.4 is 10.6 Å². The van der Waals surface area contributed by atoms with Crippen molar-refractivity contribution in [2.45, 2.75) is 31.8 Å². The zero-order valence-electron chi connectivity index (χ0n) is 9.99. The maximum Gasteiger partial charge on any atom is 0.319 e. The molecule has 17 heavy (non-hydrogen) atoms. The van der Waals surface area contributed by atoms with Gasteiger partial charge in [-0.1, -0.05) is 18.2 Å². The summed E-state index contributed by atoms with van der Waals surface area (Å²) in [4.78, 5) is 11.6. The van der Waals surface area contributed by atoms with Crippen molar-refractivity contribution in [1.82, 2.24) is 5.32 Å². The number of amides is 2. The Bertz CT molecular complexity index is 414. The van der Waals surface area contributed by atoms with E-state index in [1.165, 1.54) is 0 Å². The van der Waals surface area contributed by atoms with E-state index in [4.69, 9.17) is 0 Å². The molecule has 1 aliphatic carbocycles. The van der Waals surface area contributed by atoms with Gasteiger partial charge in [-0.25, -0.2) is 4.79 Å². The number of carbonyl (C=O) groups is 1. The Morgan fingerprint density at radius 2 is 2.12 bits per heavy atom. The molecule has 2 rings (SSSR count). The third-order valence-electron chi connectivity index (χ3n) is 3.26. The van der Waals surface area contributed by atoms with E-state index in [9.17, 15) is 9.90 Å². The van der Waals surface area contributed by atoms with Crippen LogP contribution in [0.3, 0.4) is 0 Å². The molecule has 0 aliphatic heterocycles. The lowest BCUT2D eigenvalue weighted by Gasteiger charge is -2.36. The van der Waals surface area contributed by atoms with Crippen LogP contribution in [0.15, 0.2) is 24.3 Å². The first kappa shape index (κ1) is 11.9. The average molecular weight is 234 g/mol. The topological polar surface area (TPSA) is 61.4 Å². The predicted molar refractivity (Wildman–Crippen MR) is 67.0 cm³/mol. The van der Waals surface area contributed by atoms with E-state index >= 15 is 0 Å². The Morgan fingerprint density at radius 3 is 2.71 bits per heavy atom. The van der Waals surface area contributed by atoms with Gasteiger partial charge in [0.1, 0.15) is 0 Å². The van der Waals surface area contributed by atoms with Gasteiger partial charge in [0.2, 0.25) is 0 Å². The summed E-state index contributed by atoms with van der Waals surface area (Å²) in [5, 5.41) is 15.3. The fourth-order valence-electron chi connectivity index (χ4n) is 1.89. The fourth-order valence-corrected chi connectivity index (χ4v) is 1.89. The molecule has 1 fully saturated rings. The lowest BCUT2D eigenvalue weighted by Crippen LogP contribution is -2.48. The first-order valence-corrected chi connectivity index (χ1v) is 5.92. The van der Waals surface area contributed by atoms with Gasteiger partial charge in [0.25, 0.3) is 0 Å². The molecule has 3 N–H and O–H groups in total. The maximum atomic E-state index is 11.6. The summed E-state index contributed by atoms with van der Waals surface area (Å²) in [6.45, 7) is 2.26. The van der Waals surface area contributed by atoms with Gasteiger partial charge in [-0.3, -0.25) is 0 Å². The summed E-state index contributed by atoms with van der Waals surface area (Å²) in [5.74, 6) is 0. The number of para-hydroxylation sites is 1. The lowest BCUT2D eigenvalue weighted by molar-refractivity contribution is -0.0287. The van der Waals surface area contributed by atoms with Crippen LogP contribution in [0.1, 0.15) is 24.8 Å². The number of carbonyl (C=O) groups excluding carboxylic acids is 1. The van der Waals surface area contributed by atoms with Gasteiger partial charge >= 0.3 is 6.03 Å². The molecule has 1 saturated carbocycles. The monoisotopic (exact) mass is 234 g/mol. The molecule has 0 spiro atoms. The zero-order chi connectivity index (χ0) is 12.3. The molecule has 1 aromatic rings. The molecule has 1 aromatic carbocycles. The minimum Gasteiger partial charge on any atom is -0.388 e. The average Bonchev–Trinajstić information content (AvgIpc) is 2.27. The number of aliphatic hydroxyl groups is 1. The molecule has 92 valence electrons. The highest BCUT2D eigenvalue weighted by molar-refractivity contribution is 5.90. The van der Waals surface area contributed by atoms with E-state index < -0.39 is 5.60 Å². The van der Waals surface area contributed by atoms with Crippen molar-refractivity contribution in [3.05, 3.63) is 29.8 Å². The van der Waals surface area contributed by atoms with Crippen molar-refractivity contribution in [3.63, 3.8) is 0 Å². The van der Waals surface area contributed by atoms with Crippen LogP contribution in [0.25, 0.3) is 0 Å². The Balaban J connectivity index is 1.83. The summed E-state index contributed by atoms with van der Waals surface area (Å²) < 4.78 is 0. The minimum atomic E-state index is -0.678. The number of nitrogens with one attached hydrogen (secondary N) is 2. The highest BCUT2D eigenvalue weighted by Crippen LogP contribution is 2.30. The van der Waals surface area contributed by atoms with E-state index in [1.807, 2.05) is 31.2 Å². The van der Waals surface area contributed by atoms with Crippen LogP contribution in [0, 0.1) is 6.92 Å². The van der Waals surface area contributed by atoms with Gasteiger partial charge in [0.15, 0.2) is 0 Å². The summed E-state index contributed by atoms with van der Waals surface area (Å²) in [6.07, 6.45) is 2.59. The van der Waals surface area contributed by atoms with Crippen LogP contribution in [0.2, 0.25) is 0 Å². The van der Waals surface area contributed by atoms with Crippen LogP contribution in [0.5, 0.6) is 0 Å². The molecule has 4 nitrogen and oxygen atoms in total.